The van der Waals surface area contributed by atoms with Crippen LogP contribution in [0.15, 0.2) is 0 Å². The van der Waals surface area contributed by atoms with Gasteiger partial charge in [-0.3, -0.25) is 9.69 Å². The van der Waals surface area contributed by atoms with Crippen LogP contribution in [-0.2, 0) is 9.59 Å². The highest BCUT2D eigenvalue weighted by Crippen LogP contribution is 2.12. The van der Waals surface area contributed by atoms with Gasteiger partial charge < -0.3 is 20.7 Å². The van der Waals surface area contributed by atoms with Crippen molar-refractivity contribution in [3.63, 3.8) is 0 Å². The van der Waals surface area contributed by atoms with Gasteiger partial charge in [0.2, 0.25) is 5.91 Å². The van der Waals surface area contributed by atoms with Crippen molar-refractivity contribution < 1.29 is 9.59 Å². The number of rotatable bonds is 10. The molecule has 7 heteroatoms. The summed E-state index contributed by atoms with van der Waals surface area (Å²) in [5.41, 5.74) is 0. The third-order valence-corrected chi connectivity index (χ3v) is 4.52. The molecule has 3 atom stereocenters. The zero-order valence-electron chi connectivity index (χ0n) is 13.9. The Morgan fingerprint density at radius 2 is 2.23 bits per heavy atom. The molecule has 0 bridgehead atoms. The fourth-order valence-corrected chi connectivity index (χ4v) is 3.09. The monoisotopic (exact) mass is 330 g/mol. The molecule has 0 aromatic heterocycles. The number of carbonyl (C=O) groups is 2. The molecule has 1 amide bonds. The third kappa shape index (κ3) is 7.63. The van der Waals surface area contributed by atoms with Crippen LogP contribution in [0.5, 0.6) is 0 Å². The number of nitrogens with one attached hydrogen (secondary N) is 3. The Bertz CT molecular complexity index is 354. The molecule has 1 fully saturated rings. The Labute approximate surface area is 136 Å². The number of nitrogens with zero attached hydrogens (tertiary/aromatic N) is 1. The summed E-state index contributed by atoms with van der Waals surface area (Å²) in [6.07, 6.45) is 2.96. The van der Waals surface area contributed by atoms with Crippen LogP contribution in [0.1, 0.15) is 26.2 Å². The molecule has 3 N–H and O–H groups in total. The molecule has 1 aliphatic heterocycles. The number of hydrogen-bond donors (Lipinski definition) is 3. The molecular formula is C15H31N4O2P. The van der Waals surface area contributed by atoms with Crippen LogP contribution < -0.4 is 16.0 Å². The van der Waals surface area contributed by atoms with E-state index >= 15 is 0 Å². The first-order valence-electron chi connectivity index (χ1n) is 8.14. The maximum Gasteiger partial charge on any atom is 0.223 e. The van der Waals surface area contributed by atoms with Gasteiger partial charge in [-0.05, 0) is 33.4 Å². The van der Waals surface area contributed by atoms with Crippen LogP contribution in [0, 0.1) is 5.92 Å². The van der Waals surface area contributed by atoms with E-state index in [0.29, 0.717) is 13.0 Å². The van der Waals surface area contributed by atoms with Crippen molar-refractivity contribution >= 4 is 20.9 Å². The molecule has 2 unspecified atom stereocenters. The average Bonchev–Trinajstić information content (AvgIpc) is 2.51. The average molecular weight is 330 g/mol. The van der Waals surface area contributed by atoms with Crippen molar-refractivity contribution in [3.05, 3.63) is 0 Å². The first kappa shape index (κ1) is 19.5. The minimum Gasteiger partial charge on any atom is -0.354 e. The van der Waals surface area contributed by atoms with E-state index < -0.39 is 0 Å². The van der Waals surface area contributed by atoms with Gasteiger partial charge in [0.05, 0.1) is 0 Å². The first-order chi connectivity index (χ1) is 10.6. The van der Waals surface area contributed by atoms with Crippen LogP contribution in [-0.4, -0.2) is 68.7 Å². The number of hydrogen-bond acceptors (Lipinski definition) is 5. The van der Waals surface area contributed by atoms with Gasteiger partial charge >= 0.3 is 0 Å². The predicted molar refractivity (Wildman–Crippen MR) is 92.9 cm³/mol. The minimum atomic E-state index is -0.202. The fourth-order valence-electron chi connectivity index (χ4n) is 2.76. The molecular weight excluding hydrogens is 299 g/mol. The van der Waals surface area contributed by atoms with E-state index in [4.69, 9.17) is 0 Å². The summed E-state index contributed by atoms with van der Waals surface area (Å²) in [5.74, 6) is -0.113. The molecule has 1 saturated heterocycles. The Hall–Kier alpha value is -0.550. The van der Waals surface area contributed by atoms with Crippen molar-refractivity contribution in [2.45, 2.75) is 32.2 Å². The zero-order valence-corrected chi connectivity index (χ0v) is 15.0. The van der Waals surface area contributed by atoms with E-state index in [1.165, 1.54) is 0 Å². The Balaban J connectivity index is 2.39. The maximum absolute atomic E-state index is 12.3. The molecule has 0 saturated carbocycles. The van der Waals surface area contributed by atoms with Crippen molar-refractivity contribution in [2.75, 3.05) is 46.1 Å². The summed E-state index contributed by atoms with van der Waals surface area (Å²) in [4.78, 5) is 26.0. The number of carbonyl (C=O) groups excluding carboxylic acids is 2. The second-order valence-corrected chi connectivity index (χ2v) is 6.37. The second-order valence-electron chi connectivity index (χ2n) is 6.00. The first-order valence-corrected chi connectivity index (χ1v) is 8.96. The van der Waals surface area contributed by atoms with Gasteiger partial charge in [-0.15, -0.1) is 9.24 Å². The van der Waals surface area contributed by atoms with Crippen LogP contribution >= 0.6 is 9.24 Å². The van der Waals surface area contributed by atoms with Gasteiger partial charge in [0.15, 0.2) is 0 Å². The Morgan fingerprint density at radius 3 is 2.86 bits per heavy atom. The van der Waals surface area contributed by atoms with E-state index in [-0.39, 0.29) is 23.7 Å². The summed E-state index contributed by atoms with van der Waals surface area (Å²) in [7, 11) is 4.64. The zero-order chi connectivity index (χ0) is 16.4. The van der Waals surface area contributed by atoms with Crippen LogP contribution in [0.25, 0.3) is 0 Å². The molecule has 0 aromatic rings. The molecule has 0 spiro atoms. The lowest BCUT2D eigenvalue weighted by molar-refractivity contribution is -0.129. The maximum atomic E-state index is 12.3. The molecule has 0 aromatic carbocycles. The number of piperazine rings is 1. The summed E-state index contributed by atoms with van der Waals surface area (Å²) >= 11 is 0. The van der Waals surface area contributed by atoms with Gasteiger partial charge in [-0.1, -0.05) is 0 Å². The minimum absolute atomic E-state index is 0.0103. The highest BCUT2D eigenvalue weighted by Gasteiger charge is 2.22. The van der Waals surface area contributed by atoms with E-state index in [2.05, 4.69) is 30.1 Å². The van der Waals surface area contributed by atoms with E-state index in [9.17, 15) is 9.59 Å². The Kier molecular flexibility index (Phi) is 9.80. The normalized spacial score (nSPS) is 20.6. The highest BCUT2D eigenvalue weighted by atomic mass is 31.0. The second kappa shape index (κ2) is 11.1. The number of amides is 1. The largest absolute Gasteiger partial charge is 0.354 e. The predicted octanol–water partition coefficient (Wildman–Crippen LogP) is -0.196. The van der Waals surface area contributed by atoms with Crippen LogP contribution in [0.2, 0.25) is 0 Å². The van der Waals surface area contributed by atoms with Crippen molar-refractivity contribution in [3.8, 4) is 0 Å². The van der Waals surface area contributed by atoms with Crippen molar-refractivity contribution in [2.24, 2.45) is 5.92 Å². The smallest absolute Gasteiger partial charge is 0.223 e. The third-order valence-electron chi connectivity index (χ3n) is 4.00. The van der Waals surface area contributed by atoms with E-state index in [1.54, 1.807) is 6.92 Å². The molecule has 0 aliphatic carbocycles. The quantitative estimate of drug-likeness (QED) is 0.382. The SMILES string of the molecule is CNCCC[C@H](CC(C)=O)C(=O)NCC1CN(CP)CCN1. The van der Waals surface area contributed by atoms with Gasteiger partial charge in [-0.2, -0.15) is 0 Å². The van der Waals surface area contributed by atoms with Crippen LogP contribution in [0.3, 0.4) is 0 Å². The Morgan fingerprint density at radius 1 is 1.45 bits per heavy atom. The summed E-state index contributed by atoms with van der Waals surface area (Å²) < 4.78 is 0. The van der Waals surface area contributed by atoms with Gasteiger partial charge in [0.1, 0.15) is 5.78 Å². The lowest BCUT2D eigenvalue weighted by Crippen LogP contribution is -2.54. The van der Waals surface area contributed by atoms with Gasteiger partial charge in [-0.25, -0.2) is 0 Å². The van der Waals surface area contributed by atoms with E-state index in [0.717, 1.165) is 45.3 Å². The van der Waals surface area contributed by atoms with Crippen molar-refractivity contribution in [1.29, 1.82) is 0 Å². The molecule has 0 radical (unpaired) electrons. The molecule has 22 heavy (non-hydrogen) atoms. The molecule has 1 heterocycles. The molecule has 1 rings (SSSR count). The fraction of sp³-hybridized carbons (Fsp3) is 0.867. The van der Waals surface area contributed by atoms with Crippen molar-refractivity contribution in [1.82, 2.24) is 20.9 Å². The summed E-state index contributed by atoms with van der Waals surface area (Å²) in [6, 6.07) is 0.286. The highest BCUT2D eigenvalue weighted by molar-refractivity contribution is 7.16. The molecule has 6 nitrogen and oxygen atoms in total. The van der Waals surface area contributed by atoms with Crippen LogP contribution in [0.4, 0.5) is 0 Å². The lowest BCUT2D eigenvalue weighted by atomic mass is 9.96. The summed E-state index contributed by atoms with van der Waals surface area (Å²) in [6.45, 7) is 5.99. The van der Waals surface area contributed by atoms with Gasteiger partial charge in [0.25, 0.3) is 0 Å². The molecule has 128 valence electrons. The lowest BCUT2D eigenvalue weighted by Gasteiger charge is -2.33. The number of ketones is 1. The van der Waals surface area contributed by atoms with Gasteiger partial charge in [0, 0.05) is 50.8 Å². The summed E-state index contributed by atoms with van der Waals surface area (Å²) in [5, 5.41) is 9.53. The van der Waals surface area contributed by atoms with E-state index in [1.807, 2.05) is 7.05 Å². The number of Topliss-reactive ketones (excluding diaryl/α,β-unsaturated/α-hetero) is 1. The topological polar surface area (TPSA) is 73.5 Å². The molecule has 1 aliphatic rings. The standard InChI is InChI=1S/C15H31N4O2P/c1-12(20)8-13(4-3-5-16-2)15(21)18-9-14-10-19(11-22)7-6-17-14/h13-14,16-17H,3-11,22H2,1-2H3,(H,18,21)/t13-,14?/m1/s1.